The topological polar surface area (TPSA) is 104 Å². The minimum Gasteiger partial charge on any atom is -0.504 e. The summed E-state index contributed by atoms with van der Waals surface area (Å²) in [5.41, 5.74) is 2.17. The highest BCUT2D eigenvalue weighted by Gasteiger charge is 2.22. The van der Waals surface area contributed by atoms with Crippen molar-refractivity contribution in [3.8, 4) is 11.5 Å². The molecule has 0 bridgehead atoms. The van der Waals surface area contributed by atoms with Gasteiger partial charge in [0.2, 0.25) is 5.91 Å². The van der Waals surface area contributed by atoms with E-state index in [-0.39, 0.29) is 48.0 Å². The number of hydrogen-bond acceptors (Lipinski definition) is 5. The van der Waals surface area contributed by atoms with Crippen molar-refractivity contribution < 1.29 is 19.4 Å². The van der Waals surface area contributed by atoms with E-state index in [1.165, 1.54) is 18.2 Å². The van der Waals surface area contributed by atoms with Crippen LogP contribution in [-0.2, 0) is 4.79 Å². The van der Waals surface area contributed by atoms with Crippen molar-refractivity contribution in [2.24, 2.45) is 5.92 Å². The first-order valence-electron chi connectivity index (χ1n) is 10.1. The molecule has 0 aliphatic carbocycles. The molecule has 2 aromatic carbocycles. The summed E-state index contributed by atoms with van der Waals surface area (Å²) < 4.78 is 5.31. The summed E-state index contributed by atoms with van der Waals surface area (Å²) in [7, 11) is 0. The van der Waals surface area contributed by atoms with Gasteiger partial charge in [-0.1, -0.05) is 26.0 Å². The lowest BCUT2D eigenvalue weighted by molar-refractivity contribution is -0.122. The number of nitrogens with zero attached hydrogens (tertiary/aromatic N) is 1. The van der Waals surface area contributed by atoms with E-state index in [0.717, 1.165) is 11.0 Å². The molecule has 30 heavy (non-hydrogen) atoms. The maximum atomic E-state index is 12.5. The van der Waals surface area contributed by atoms with Gasteiger partial charge in [0.25, 0.3) is 0 Å². The van der Waals surface area contributed by atoms with Gasteiger partial charge in [-0.05, 0) is 43.2 Å². The number of phenols is 1. The molecule has 3 N–H and O–H groups in total. The minimum absolute atomic E-state index is 0.0169. The summed E-state index contributed by atoms with van der Waals surface area (Å²) in [4.78, 5) is 32.9. The number of para-hydroxylation sites is 2. The first-order valence-corrected chi connectivity index (χ1v) is 10.1. The minimum atomic E-state index is -0.279. The van der Waals surface area contributed by atoms with Gasteiger partial charge in [-0.25, -0.2) is 4.98 Å². The number of benzene rings is 2. The van der Waals surface area contributed by atoms with Crippen LogP contribution < -0.4 is 10.1 Å². The molecule has 0 unspecified atom stereocenters. The van der Waals surface area contributed by atoms with Gasteiger partial charge in [-0.15, -0.1) is 0 Å². The molecule has 0 aliphatic rings. The first kappa shape index (κ1) is 21.4. The van der Waals surface area contributed by atoms with Crippen LogP contribution in [0.3, 0.4) is 0 Å². The predicted molar refractivity (Wildman–Crippen MR) is 115 cm³/mol. The summed E-state index contributed by atoms with van der Waals surface area (Å²) >= 11 is 0. The molecule has 3 aromatic rings. The van der Waals surface area contributed by atoms with Crippen LogP contribution in [0.5, 0.6) is 11.5 Å². The van der Waals surface area contributed by atoms with E-state index in [1.54, 1.807) is 6.92 Å². The molecule has 1 heterocycles. The average Bonchev–Trinajstić information content (AvgIpc) is 3.15. The second-order valence-corrected chi connectivity index (χ2v) is 7.47. The molecular formula is C23H27N3O4. The molecule has 7 nitrogen and oxygen atoms in total. The number of ether oxygens (including phenoxy) is 1. The van der Waals surface area contributed by atoms with Crippen LogP contribution in [0.2, 0.25) is 0 Å². The second-order valence-electron chi connectivity index (χ2n) is 7.47. The van der Waals surface area contributed by atoms with Crippen LogP contribution in [-0.4, -0.2) is 33.4 Å². The van der Waals surface area contributed by atoms with Crippen LogP contribution in [0.15, 0.2) is 42.5 Å². The summed E-state index contributed by atoms with van der Waals surface area (Å²) in [6.07, 6.45) is 0.125. The van der Waals surface area contributed by atoms with E-state index in [0.29, 0.717) is 18.0 Å². The summed E-state index contributed by atoms with van der Waals surface area (Å²) in [5.74, 6) is 0.665. The number of H-pyrrole nitrogens is 1. The molecule has 1 atom stereocenters. The Kier molecular flexibility index (Phi) is 6.72. The van der Waals surface area contributed by atoms with Gasteiger partial charge in [0, 0.05) is 18.4 Å². The molecule has 0 fully saturated rings. The van der Waals surface area contributed by atoms with Crippen LogP contribution in [0, 0.1) is 5.92 Å². The quantitative estimate of drug-likeness (QED) is 0.461. The molecular weight excluding hydrogens is 382 g/mol. The monoisotopic (exact) mass is 409 g/mol. The molecule has 1 amide bonds. The Labute approximate surface area is 175 Å². The van der Waals surface area contributed by atoms with Gasteiger partial charge < -0.3 is 20.1 Å². The maximum absolute atomic E-state index is 12.5. The molecule has 0 radical (unpaired) electrons. The Morgan fingerprint density at radius 1 is 1.17 bits per heavy atom. The normalized spacial score (nSPS) is 12.1. The van der Waals surface area contributed by atoms with E-state index in [1.807, 2.05) is 38.1 Å². The van der Waals surface area contributed by atoms with Gasteiger partial charge in [0.05, 0.1) is 23.7 Å². The maximum Gasteiger partial charge on any atom is 0.221 e. The Balaban J connectivity index is 1.63. The second kappa shape index (κ2) is 9.43. The van der Waals surface area contributed by atoms with Crippen LogP contribution >= 0.6 is 0 Å². The fourth-order valence-corrected chi connectivity index (χ4v) is 3.25. The number of fused-ring (bicyclic) bond motifs is 1. The van der Waals surface area contributed by atoms with Gasteiger partial charge in [-0.2, -0.15) is 0 Å². The zero-order chi connectivity index (χ0) is 21.7. The number of ketones is 1. The summed E-state index contributed by atoms with van der Waals surface area (Å²) in [5, 5.41) is 12.8. The number of Topliss-reactive ketones (excluding diaryl/α,β-unsaturated/α-hetero) is 1. The smallest absolute Gasteiger partial charge is 0.221 e. The number of carbonyl (C=O) groups is 2. The number of amides is 1. The van der Waals surface area contributed by atoms with E-state index >= 15 is 0 Å². The molecule has 0 aliphatic heterocycles. The SMILES string of the molecule is CCOc1cc(C(=O)CCC(=O)N[C@@H](c2nc3ccccc3[nH]2)C(C)C)ccc1O. The van der Waals surface area contributed by atoms with E-state index in [2.05, 4.69) is 15.3 Å². The Morgan fingerprint density at radius 2 is 1.93 bits per heavy atom. The number of aromatic nitrogens is 2. The fraction of sp³-hybridized carbons (Fsp3) is 0.348. The predicted octanol–water partition coefficient (Wildman–Crippen LogP) is 4.14. The van der Waals surface area contributed by atoms with E-state index in [9.17, 15) is 14.7 Å². The highest BCUT2D eigenvalue weighted by molar-refractivity contribution is 5.98. The van der Waals surface area contributed by atoms with Crippen LogP contribution in [0.1, 0.15) is 55.8 Å². The third-order valence-electron chi connectivity index (χ3n) is 4.85. The van der Waals surface area contributed by atoms with Gasteiger partial charge >= 0.3 is 0 Å². The van der Waals surface area contributed by atoms with Crippen LogP contribution in [0.4, 0.5) is 0 Å². The van der Waals surface area contributed by atoms with Gasteiger partial charge in [-0.3, -0.25) is 9.59 Å². The van der Waals surface area contributed by atoms with Crippen LogP contribution in [0.25, 0.3) is 11.0 Å². The zero-order valence-corrected chi connectivity index (χ0v) is 17.4. The zero-order valence-electron chi connectivity index (χ0n) is 17.4. The van der Waals surface area contributed by atoms with Gasteiger partial charge in [0.15, 0.2) is 17.3 Å². The summed E-state index contributed by atoms with van der Waals surface area (Å²) in [6, 6.07) is 11.9. The van der Waals surface area contributed by atoms with Gasteiger partial charge in [0.1, 0.15) is 5.82 Å². The summed E-state index contributed by atoms with van der Waals surface area (Å²) in [6.45, 7) is 6.20. The highest BCUT2D eigenvalue weighted by Crippen LogP contribution is 2.27. The number of imidazole rings is 1. The number of nitrogens with one attached hydrogen (secondary N) is 2. The fourth-order valence-electron chi connectivity index (χ4n) is 3.25. The standard InChI is InChI=1S/C23H27N3O4/c1-4-30-20-13-15(9-10-19(20)28)18(27)11-12-21(29)26-22(14(2)3)23-24-16-7-5-6-8-17(16)25-23/h5-10,13-14,22,28H,4,11-12H2,1-3H3,(H,24,25)(H,26,29)/t22-/m1/s1. The molecule has 7 heteroatoms. The lowest BCUT2D eigenvalue weighted by Crippen LogP contribution is -2.32. The lowest BCUT2D eigenvalue weighted by atomic mass is 10.0. The number of rotatable bonds is 9. The van der Waals surface area contributed by atoms with Crippen molar-refractivity contribution in [1.82, 2.24) is 15.3 Å². The number of aromatic hydroxyl groups is 1. The number of hydrogen-bond donors (Lipinski definition) is 3. The third-order valence-corrected chi connectivity index (χ3v) is 4.85. The molecule has 3 rings (SSSR count). The molecule has 1 aromatic heterocycles. The number of aromatic amines is 1. The third kappa shape index (κ3) is 4.97. The van der Waals surface area contributed by atoms with Crippen molar-refractivity contribution in [1.29, 1.82) is 0 Å². The van der Waals surface area contributed by atoms with E-state index < -0.39 is 0 Å². The molecule has 0 spiro atoms. The molecule has 0 saturated heterocycles. The van der Waals surface area contributed by atoms with E-state index in [4.69, 9.17) is 4.74 Å². The van der Waals surface area contributed by atoms with Crippen molar-refractivity contribution in [2.45, 2.75) is 39.7 Å². The number of phenolic OH excluding ortho intramolecular Hbond substituents is 1. The van der Waals surface area contributed by atoms with Crippen molar-refractivity contribution in [3.05, 3.63) is 53.9 Å². The molecule has 158 valence electrons. The highest BCUT2D eigenvalue weighted by atomic mass is 16.5. The molecule has 0 saturated carbocycles. The van der Waals surface area contributed by atoms with Crippen molar-refractivity contribution >= 4 is 22.7 Å². The first-order chi connectivity index (χ1) is 14.4. The average molecular weight is 409 g/mol. The Morgan fingerprint density at radius 3 is 2.63 bits per heavy atom. The van der Waals surface area contributed by atoms with Crippen molar-refractivity contribution in [3.63, 3.8) is 0 Å². The Bertz CT molecular complexity index is 1010. The Hall–Kier alpha value is -3.35. The largest absolute Gasteiger partial charge is 0.504 e. The van der Waals surface area contributed by atoms with Crippen molar-refractivity contribution in [2.75, 3.05) is 6.61 Å². The lowest BCUT2D eigenvalue weighted by Gasteiger charge is -2.20. The number of carbonyl (C=O) groups excluding carboxylic acids is 2.